The number of nitrogens with zero attached hydrogens (tertiary/aromatic N) is 5. The van der Waals surface area contributed by atoms with Gasteiger partial charge in [0, 0.05) is 44.4 Å². The van der Waals surface area contributed by atoms with Crippen molar-refractivity contribution in [3.63, 3.8) is 0 Å². The number of aromatic amines is 1. The summed E-state index contributed by atoms with van der Waals surface area (Å²) in [5, 5.41) is 24.5. The Morgan fingerprint density at radius 3 is 2.85 bits per heavy atom. The number of carbonyl (C=O) groups is 1. The van der Waals surface area contributed by atoms with Crippen molar-refractivity contribution in [2.45, 2.75) is 12.5 Å². The van der Waals surface area contributed by atoms with E-state index in [2.05, 4.69) is 36.4 Å². The fraction of sp³-hybridized carbons (Fsp3) is 0.353. The first kappa shape index (κ1) is 16.4. The number of nitrogens with one attached hydrogen (secondary N) is 3. The summed E-state index contributed by atoms with van der Waals surface area (Å²) in [6.07, 6.45) is 3.82. The molecule has 3 heterocycles. The highest BCUT2D eigenvalue weighted by Gasteiger charge is 2.34. The molecule has 9 nitrogen and oxygen atoms in total. The SMILES string of the molecule is Cn1cc([C@H]2CNC[C@@H]2C(=O)NCc2ccc(-c3nn[nH]n3)cc2)cn1. The number of hydrogen-bond acceptors (Lipinski definition) is 6. The van der Waals surface area contributed by atoms with Crippen molar-refractivity contribution < 1.29 is 4.79 Å². The lowest BCUT2D eigenvalue weighted by Crippen LogP contribution is -2.33. The second kappa shape index (κ2) is 7.04. The van der Waals surface area contributed by atoms with Crippen molar-refractivity contribution in [3.8, 4) is 11.4 Å². The first-order chi connectivity index (χ1) is 12.7. The minimum atomic E-state index is -0.0854. The predicted octanol–water partition coefficient (Wildman–Crippen LogP) is 0.220. The van der Waals surface area contributed by atoms with Crippen LogP contribution in [0.25, 0.3) is 11.4 Å². The highest BCUT2D eigenvalue weighted by Crippen LogP contribution is 2.28. The number of aryl methyl sites for hydroxylation is 1. The highest BCUT2D eigenvalue weighted by molar-refractivity contribution is 5.80. The Hall–Kier alpha value is -3.07. The second-order valence-corrected chi connectivity index (χ2v) is 6.47. The molecule has 0 saturated carbocycles. The van der Waals surface area contributed by atoms with Gasteiger partial charge in [-0.3, -0.25) is 9.48 Å². The van der Waals surface area contributed by atoms with Gasteiger partial charge in [-0.1, -0.05) is 24.3 Å². The number of hydrogen-bond donors (Lipinski definition) is 3. The summed E-state index contributed by atoms with van der Waals surface area (Å²) in [4.78, 5) is 12.7. The maximum atomic E-state index is 12.7. The normalized spacial score (nSPS) is 19.6. The maximum Gasteiger partial charge on any atom is 0.225 e. The average molecular weight is 352 g/mol. The summed E-state index contributed by atoms with van der Waals surface area (Å²) in [6.45, 7) is 1.97. The maximum absolute atomic E-state index is 12.7. The Morgan fingerprint density at radius 1 is 1.31 bits per heavy atom. The molecule has 3 aromatic rings. The van der Waals surface area contributed by atoms with E-state index in [1.807, 2.05) is 43.7 Å². The zero-order chi connectivity index (χ0) is 17.9. The van der Waals surface area contributed by atoms with E-state index in [1.54, 1.807) is 4.68 Å². The van der Waals surface area contributed by atoms with Crippen LogP contribution in [0.1, 0.15) is 17.0 Å². The zero-order valence-corrected chi connectivity index (χ0v) is 14.4. The lowest BCUT2D eigenvalue weighted by molar-refractivity contribution is -0.125. The number of amides is 1. The molecular weight excluding hydrogens is 332 g/mol. The van der Waals surface area contributed by atoms with Crippen LogP contribution in [0, 0.1) is 5.92 Å². The molecule has 1 saturated heterocycles. The van der Waals surface area contributed by atoms with Gasteiger partial charge in [0.1, 0.15) is 0 Å². The molecule has 0 unspecified atom stereocenters. The topological polar surface area (TPSA) is 113 Å². The molecule has 2 aromatic heterocycles. The first-order valence-corrected chi connectivity index (χ1v) is 8.50. The van der Waals surface area contributed by atoms with Crippen LogP contribution in [-0.2, 0) is 18.4 Å². The van der Waals surface area contributed by atoms with Gasteiger partial charge < -0.3 is 10.6 Å². The van der Waals surface area contributed by atoms with Gasteiger partial charge in [-0.05, 0) is 16.3 Å². The molecule has 2 atom stereocenters. The smallest absolute Gasteiger partial charge is 0.225 e. The van der Waals surface area contributed by atoms with Crippen LogP contribution >= 0.6 is 0 Å². The van der Waals surface area contributed by atoms with Crippen molar-refractivity contribution in [1.82, 2.24) is 41.0 Å². The fourth-order valence-electron chi connectivity index (χ4n) is 3.31. The molecule has 1 fully saturated rings. The van der Waals surface area contributed by atoms with Crippen molar-refractivity contribution in [2.75, 3.05) is 13.1 Å². The molecule has 134 valence electrons. The minimum absolute atomic E-state index is 0.0612. The van der Waals surface area contributed by atoms with E-state index in [0.717, 1.165) is 23.2 Å². The third-order valence-corrected chi connectivity index (χ3v) is 4.73. The van der Waals surface area contributed by atoms with Crippen molar-refractivity contribution in [2.24, 2.45) is 13.0 Å². The zero-order valence-electron chi connectivity index (χ0n) is 14.4. The standard InChI is InChI=1S/C17H20N8O/c1-25-10-13(7-20-25)14-8-18-9-15(14)17(26)19-6-11-2-4-12(5-3-11)16-21-23-24-22-16/h2-5,7,10,14-15,18H,6,8-9H2,1H3,(H,19,26)(H,21,22,23,24)/t14-,15+/m1/s1. The Labute approximate surface area is 150 Å². The van der Waals surface area contributed by atoms with E-state index in [0.29, 0.717) is 18.9 Å². The molecule has 0 radical (unpaired) electrons. The molecule has 1 aromatic carbocycles. The summed E-state index contributed by atoms with van der Waals surface area (Å²) in [5.74, 6) is 0.685. The van der Waals surface area contributed by atoms with Crippen molar-refractivity contribution in [3.05, 3.63) is 47.8 Å². The lowest BCUT2D eigenvalue weighted by Gasteiger charge is -2.17. The van der Waals surface area contributed by atoms with Gasteiger partial charge in [-0.15, -0.1) is 10.2 Å². The largest absolute Gasteiger partial charge is 0.352 e. The number of rotatable bonds is 5. The number of H-pyrrole nitrogens is 1. The minimum Gasteiger partial charge on any atom is -0.352 e. The van der Waals surface area contributed by atoms with E-state index >= 15 is 0 Å². The predicted molar refractivity (Wildman–Crippen MR) is 93.8 cm³/mol. The molecular formula is C17H20N8O. The molecule has 26 heavy (non-hydrogen) atoms. The van der Waals surface area contributed by atoms with Gasteiger partial charge in [-0.2, -0.15) is 10.3 Å². The third kappa shape index (κ3) is 3.33. The molecule has 1 aliphatic rings. The molecule has 0 spiro atoms. The van der Waals surface area contributed by atoms with Crippen LogP contribution in [-0.4, -0.2) is 49.4 Å². The molecule has 0 bridgehead atoms. The highest BCUT2D eigenvalue weighted by atomic mass is 16.1. The molecule has 3 N–H and O–H groups in total. The summed E-state index contributed by atoms with van der Waals surface area (Å²) < 4.78 is 1.77. The van der Waals surface area contributed by atoms with Crippen LogP contribution in [0.2, 0.25) is 0 Å². The fourth-order valence-corrected chi connectivity index (χ4v) is 3.31. The Balaban J connectivity index is 1.37. The van der Waals surface area contributed by atoms with E-state index in [1.165, 1.54) is 0 Å². The summed E-state index contributed by atoms with van der Waals surface area (Å²) >= 11 is 0. The van der Waals surface area contributed by atoms with E-state index < -0.39 is 0 Å². The molecule has 1 aliphatic heterocycles. The number of benzene rings is 1. The number of tetrazole rings is 1. The van der Waals surface area contributed by atoms with Crippen LogP contribution in [0.4, 0.5) is 0 Å². The quantitative estimate of drug-likeness (QED) is 0.605. The van der Waals surface area contributed by atoms with Crippen LogP contribution < -0.4 is 10.6 Å². The van der Waals surface area contributed by atoms with Crippen LogP contribution in [0.15, 0.2) is 36.7 Å². The van der Waals surface area contributed by atoms with E-state index in [4.69, 9.17) is 0 Å². The van der Waals surface area contributed by atoms with Crippen molar-refractivity contribution >= 4 is 5.91 Å². The summed E-state index contributed by atoms with van der Waals surface area (Å²) in [7, 11) is 1.89. The van der Waals surface area contributed by atoms with Gasteiger partial charge in [0.2, 0.25) is 11.7 Å². The van der Waals surface area contributed by atoms with Crippen LogP contribution in [0.3, 0.4) is 0 Å². The van der Waals surface area contributed by atoms with E-state index in [9.17, 15) is 4.79 Å². The average Bonchev–Trinajstić information content (AvgIpc) is 3.40. The molecule has 4 rings (SSSR count). The monoisotopic (exact) mass is 352 g/mol. The number of carbonyl (C=O) groups excluding carboxylic acids is 1. The van der Waals surface area contributed by atoms with E-state index in [-0.39, 0.29) is 17.7 Å². The summed E-state index contributed by atoms with van der Waals surface area (Å²) in [5.41, 5.74) is 3.00. The van der Waals surface area contributed by atoms with Crippen LogP contribution in [0.5, 0.6) is 0 Å². The van der Waals surface area contributed by atoms with Gasteiger partial charge in [0.15, 0.2) is 0 Å². The first-order valence-electron chi connectivity index (χ1n) is 8.50. The molecule has 1 amide bonds. The van der Waals surface area contributed by atoms with Gasteiger partial charge in [-0.25, -0.2) is 0 Å². The second-order valence-electron chi connectivity index (χ2n) is 6.47. The Bertz CT molecular complexity index is 871. The molecule has 0 aliphatic carbocycles. The van der Waals surface area contributed by atoms with Gasteiger partial charge in [0.25, 0.3) is 0 Å². The summed E-state index contributed by atoms with van der Waals surface area (Å²) in [6, 6.07) is 7.75. The third-order valence-electron chi connectivity index (χ3n) is 4.73. The van der Waals surface area contributed by atoms with Gasteiger partial charge >= 0.3 is 0 Å². The lowest BCUT2D eigenvalue weighted by atomic mass is 9.90. The number of aromatic nitrogens is 6. The van der Waals surface area contributed by atoms with Gasteiger partial charge in [0.05, 0.1) is 12.1 Å². The Kier molecular flexibility index (Phi) is 4.44. The Morgan fingerprint density at radius 2 is 2.15 bits per heavy atom. The van der Waals surface area contributed by atoms with Crippen molar-refractivity contribution in [1.29, 1.82) is 0 Å². The molecule has 9 heteroatoms.